The van der Waals surface area contributed by atoms with E-state index in [1.807, 2.05) is 26.0 Å². The summed E-state index contributed by atoms with van der Waals surface area (Å²) in [4.78, 5) is 27.9. The van der Waals surface area contributed by atoms with Gasteiger partial charge in [-0.25, -0.2) is 0 Å². The number of carbonyl (C=O) groups is 2. The lowest BCUT2D eigenvalue weighted by molar-refractivity contribution is -0.121. The third kappa shape index (κ3) is 5.92. The molecule has 1 aliphatic heterocycles. The molecule has 0 saturated carbocycles. The predicted molar refractivity (Wildman–Crippen MR) is 121 cm³/mol. The van der Waals surface area contributed by atoms with Gasteiger partial charge in [-0.05, 0) is 57.4 Å². The summed E-state index contributed by atoms with van der Waals surface area (Å²) in [6.07, 6.45) is 2.73. The lowest BCUT2D eigenvalue weighted by atomic mass is 9.96. The molecule has 160 valence electrons. The molecule has 1 saturated heterocycles. The van der Waals surface area contributed by atoms with E-state index >= 15 is 0 Å². The third-order valence-corrected chi connectivity index (χ3v) is 5.82. The van der Waals surface area contributed by atoms with Crippen molar-refractivity contribution in [2.24, 2.45) is 5.92 Å². The molecule has 2 N–H and O–H groups in total. The molecule has 5 heteroatoms. The average molecular weight is 408 g/mol. The normalized spacial score (nSPS) is 17.9. The van der Waals surface area contributed by atoms with E-state index in [2.05, 4.69) is 46.7 Å². The highest BCUT2D eigenvalue weighted by atomic mass is 16.2. The van der Waals surface area contributed by atoms with Crippen LogP contribution in [-0.4, -0.2) is 35.8 Å². The second-order valence-electron chi connectivity index (χ2n) is 8.38. The van der Waals surface area contributed by atoms with Crippen LogP contribution in [-0.2, 0) is 11.3 Å². The van der Waals surface area contributed by atoms with Gasteiger partial charge >= 0.3 is 0 Å². The minimum absolute atomic E-state index is 0.00704. The van der Waals surface area contributed by atoms with E-state index < -0.39 is 0 Å². The van der Waals surface area contributed by atoms with Crippen LogP contribution in [0.25, 0.3) is 0 Å². The van der Waals surface area contributed by atoms with Crippen LogP contribution in [0.2, 0.25) is 0 Å². The van der Waals surface area contributed by atoms with Crippen LogP contribution in [0, 0.1) is 12.8 Å². The van der Waals surface area contributed by atoms with Gasteiger partial charge in [0, 0.05) is 19.1 Å². The lowest BCUT2D eigenvalue weighted by Gasteiger charge is -2.32. The Hall–Kier alpha value is -2.66. The number of nitrogens with zero attached hydrogens (tertiary/aromatic N) is 1. The minimum Gasteiger partial charge on any atom is -0.350 e. The monoisotopic (exact) mass is 407 g/mol. The Bertz CT molecular complexity index is 863. The van der Waals surface area contributed by atoms with Crippen molar-refractivity contribution in [2.75, 3.05) is 18.4 Å². The summed E-state index contributed by atoms with van der Waals surface area (Å²) in [7, 11) is 0. The zero-order valence-corrected chi connectivity index (χ0v) is 18.3. The van der Waals surface area contributed by atoms with Crippen LogP contribution in [0.3, 0.4) is 0 Å². The number of rotatable bonds is 7. The molecule has 2 amide bonds. The van der Waals surface area contributed by atoms with Crippen molar-refractivity contribution in [3.8, 4) is 0 Å². The van der Waals surface area contributed by atoms with Crippen LogP contribution in [0.5, 0.6) is 0 Å². The van der Waals surface area contributed by atoms with Crippen molar-refractivity contribution in [2.45, 2.75) is 52.6 Å². The highest BCUT2D eigenvalue weighted by Gasteiger charge is 2.26. The molecule has 1 fully saturated rings. The number of aryl methyl sites for hydroxylation is 1. The fraction of sp³-hybridized carbons (Fsp3) is 0.440. The van der Waals surface area contributed by atoms with Crippen molar-refractivity contribution in [3.05, 3.63) is 65.2 Å². The van der Waals surface area contributed by atoms with Gasteiger partial charge in [-0.2, -0.15) is 0 Å². The van der Waals surface area contributed by atoms with Crippen molar-refractivity contribution < 1.29 is 9.59 Å². The highest BCUT2D eigenvalue weighted by Crippen LogP contribution is 2.22. The van der Waals surface area contributed by atoms with Gasteiger partial charge in [0.05, 0.1) is 17.2 Å². The second-order valence-corrected chi connectivity index (χ2v) is 8.38. The fourth-order valence-corrected chi connectivity index (χ4v) is 3.79. The fourth-order valence-electron chi connectivity index (χ4n) is 3.79. The molecule has 0 aliphatic carbocycles. The molecule has 0 radical (unpaired) electrons. The number of amides is 2. The molecule has 5 nitrogen and oxygen atoms in total. The lowest BCUT2D eigenvalue weighted by Crippen LogP contribution is -2.40. The van der Waals surface area contributed by atoms with Crippen molar-refractivity contribution in [1.82, 2.24) is 10.2 Å². The number of likely N-dealkylation sites (tertiary alicyclic amines) is 1. The Morgan fingerprint density at radius 1 is 1.13 bits per heavy atom. The largest absolute Gasteiger partial charge is 0.350 e. The SMILES string of the molecule is CCC(C)NC(=O)c1ccccc1NC(=O)C1CCCN(Cc2ccc(C)cc2)C1. The first-order valence-corrected chi connectivity index (χ1v) is 10.9. The van der Waals surface area contributed by atoms with Crippen molar-refractivity contribution >= 4 is 17.5 Å². The molecule has 2 unspecified atom stereocenters. The summed E-state index contributed by atoms with van der Waals surface area (Å²) in [5, 5.41) is 6.00. The topological polar surface area (TPSA) is 61.4 Å². The smallest absolute Gasteiger partial charge is 0.253 e. The summed E-state index contributed by atoms with van der Waals surface area (Å²) in [6, 6.07) is 15.9. The number of carbonyl (C=O) groups excluding carboxylic acids is 2. The maximum Gasteiger partial charge on any atom is 0.253 e. The Morgan fingerprint density at radius 3 is 2.60 bits per heavy atom. The predicted octanol–water partition coefficient (Wildman–Crippen LogP) is 4.37. The van der Waals surface area contributed by atoms with E-state index in [0.717, 1.165) is 38.9 Å². The van der Waals surface area contributed by atoms with E-state index in [0.29, 0.717) is 11.3 Å². The number of para-hydroxylation sites is 1. The van der Waals surface area contributed by atoms with Gasteiger partial charge in [0.1, 0.15) is 0 Å². The summed E-state index contributed by atoms with van der Waals surface area (Å²) in [5.74, 6) is -0.229. The van der Waals surface area contributed by atoms with Gasteiger partial charge < -0.3 is 10.6 Å². The Kier molecular flexibility index (Phi) is 7.63. The summed E-state index contributed by atoms with van der Waals surface area (Å²) < 4.78 is 0. The molecule has 0 aromatic heterocycles. The maximum atomic E-state index is 13.0. The van der Waals surface area contributed by atoms with E-state index in [1.54, 1.807) is 12.1 Å². The molecular weight excluding hydrogens is 374 g/mol. The Labute approximate surface area is 179 Å². The summed E-state index contributed by atoms with van der Waals surface area (Å²) in [5.41, 5.74) is 3.62. The quantitative estimate of drug-likeness (QED) is 0.716. The second kappa shape index (κ2) is 10.4. The van der Waals surface area contributed by atoms with Crippen LogP contribution in [0.1, 0.15) is 54.6 Å². The number of anilines is 1. The number of piperidine rings is 1. The van der Waals surface area contributed by atoms with E-state index in [9.17, 15) is 9.59 Å². The minimum atomic E-state index is -0.148. The Morgan fingerprint density at radius 2 is 1.87 bits per heavy atom. The molecule has 0 bridgehead atoms. The summed E-state index contributed by atoms with van der Waals surface area (Å²) in [6.45, 7) is 8.70. The maximum absolute atomic E-state index is 13.0. The first-order chi connectivity index (χ1) is 14.5. The number of hydrogen-bond donors (Lipinski definition) is 2. The van der Waals surface area contributed by atoms with Crippen LogP contribution in [0.15, 0.2) is 48.5 Å². The highest BCUT2D eigenvalue weighted by molar-refractivity contribution is 6.04. The van der Waals surface area contributed by atoms with E-state index in [1.165, 1.54) is 11.1 Å². The Balaban J connectivity index is 1.63. The number of benzene rings is 2. The van der Waals surface area contributed by atoms with Crippen LogP contribution >= 0.6 is 0 Å². The zero-order valence-electron chi connectivity index (χ0n) is 18.3. The van der Waals surface area contributed by atoms with Crippen molar-refractivity contribution in [1.29, 1.82) is 0 Å². The molecular formula is C25H33N3O2. The molecule has 2 atom stereocenters. The molecule has 1 aliphatic rings. The molecule has 1 heterocycles. The van der Waals surface area contributed by atoms with Gasteiger partial charge in [0.25, 0.3) is 5.91 Å². The van der Waals surface area contributed by atoms with Crippen molar-refractivity contribution in [3.63, 3.8) is 0 Å². The van der Waals surface area contributed by atoms with Crippen LogP contribution < -0.4 is 10.6 Å². The van der Waals surface area contributed by atoms with Gasteiger partial charge in [-0.15, -0.1) is 0 Å². The zero-order chi connectivity index (χ0) is 21.5. The molecule has 30 heavy (non-hydrogen) atoms. The summed E-state index contributed by atoms with van der Waals surface area (Å²) >= 11 is 0. The van der Waals surface area contributed by atoms with Crippen LogP contribution in [0.4, 0.5) is 5.69 Å². The van der Waals surface area contributed by atoms with Gasteiger partial charge in [-0.3, -0.25) is 14.5 Å². The first kappa shape index (κ1) is 22.0. The number of hydrogen-bond acceptors (Lipinski definition) is 3. The van der Waals surface area contributed by atoms with E-state index in [-0.39, 0.29) is 23.8 Å². The van der Waals surface area contributed by atoms with E-state index in [4.69, 9.17) is 0 Å². The first-order valence-electron chi connectivity index (χ1n) is 10.9. The third-order valence-electron chi connectivity index (χ3n) is 5.82. The molecule has 2 aromatic rings. The van der Waals surface area contributed by atoms with Gasteiger partial charge in [-0.1, -0.05) is 48.9 Å². The average Bonchev–Trinajstić information content (AvgIpc) is 2.75. The molecule has 3 rings (SSSR count). The van der Waals surface area contributed by atoms with Gasteiger partial charge in [0.2, 0.25) is 5.91 Å². The molecule has 0 spiro atoms. The molecule has 2 aromatic carbocycles. The standard InChI is InChI=1S/C25H33N3O2/c1-4-19(3)26-25(30)22-9-5-6-10-23(22)27-24(29)21-8-7-15-28(17-21)16-20-13-11-18(2)12-14-20/h5-6,9-14,19,21H,4,7-8,15-17H2,1-3H3,(H,26,30)(H,27,29). The van der Waals surface area contributed by atoms with Gasteiger partial charge in [0.15, 0.2) is 0 Å². The number of nitrogens with one attached hydrogen (secondary N) is 2.